The number of Topliss-reactive ketones (excluding diaryl/α,β-unsaturated/α-hetero) is 1. The van der Waals surface area contributed by atoms with Crippen molar-refractivity contribution in [2.24, 2.45) is 5.92 Å². The van der Waals surface area contributed by atoms with Crippen LogP contribution in [0.25, 0.3) is 0 Å². The van der Waals surface area contributed by atoms with E-state index >= 15 is 0 Å². The molecule has 0 saturated carbocycles. The Morgan fingerprint density at radius 3 is 2.13 bits per heavy atom. The quantitative estimate of drug-likeness (QED) is 0.768. The zero-order chi connectivity index (χ0) is 11.4. The lowest BCUT2D eigenvalue weighted by molar-refractivity contribution is 0.0779. The number of carbonyl (C=O) groups is 1. The predicted octanol–water partition coefficient (Wildman–Crippen LogP) is 2.45. The highest BCUT2D eigenvalue weighted by Crippen LogP contribution is 2.11. The summed E-state index contributed by atoms with van der Waals surface area (Å²) in [7, 11) is 0. The van der Waals surface area contributed by atoms with Crippen LogP contribution in [0.4, 0.5) is 0 Å². The minimum absolute atomic E-state index is 0.217. The fourth-order valence-corrected chi connectivity index (χ4v) is 1.52. The molecule has 0 aliphatic heterocycles. The van der Waals surface area contributed by atoms with E-state index in [1.54, 1.807) is 12.1 Å². The van der Waals surface area contributed by atoms with Gasteiger partial charge in [0.25, 0.3) is 0 Å². The topological polar surface area (TPSA) is 37.3 Å². The van der Waals surface area contributed by atoms with Crippen molar-refractivity contribution in [1.82, 2.24) is 0 Å². The molecule has 2 nitrogen and oxygen atoms in total. The molecule has 0 aliphatic carbocycles. The van der Waals surface area contributed by atoms with E-state index in [2.05, 4.69) is 13.8 Å². The molecular weight excluding hydrogens is 188 g/mol. The van der Waals surface area contributed by atoms with Crippen molar-refractivity contribution in [3.05, 3.63) is 35.4 Å². The molecule has 82 valence electrons. The third-order valence-electron chi connectivity index (χ3n) is 2.26. The summed E-state index contributed by atoms with van der Waals surface area (Å²) >= 11 is 0. The van der Waals surface area contributed by atoms with E-state index in [4.69, 9.17) is 5.11 Å². The smallest absolute Gasteiger partial charge is 0.190 e. The number of hydrogen-bond acceptors (Lipinski definition) is 2. The zero-order valence-electron chi connectivity index (χ0n) is 9.53. The Labute approximate surface area is 90.9 Å². The Bertz CT molecular complexity index is 323. The molecule has 1 aromatic carbocycles. The van der Waals surface area contributed by atoms with Crippen molar-refractivity contribution in [2.75, 3.05) is 0 Å². The number of carbonyl (C=O) groups excluding carboxylic acids is 1. The molecule has 15 heavy (non-hydrogen) atoms. The highest BCUT2D eigenvalue weighted by atomic mass is 16.3. The normalized spacial score (nSPS) is 12.9. The van der Waals surface area contributed by atoms with E-state index in [9.17, 15) is 4.79 Å². The van der Waals surface area contributed by atoms with Crippen molar-refractivity contribution in [3.63, 3.8) is 0 Å². The van der Waals surface area contributed by atoms with E-state index in [-0.39, 0.29) is 5.78 Å². The highest BCUT2D eigenvalue weighted by Gasteiger charge is 2.11. The molecule has 1 aromatic rings. The van der Waals surface area contributed by atoms with E-state index < -0.39 is 6.10 Å². The van der Waals surface area contributed by atoms with E-state index in [1.165, 1.54) is 12.5 Å². The summed E-state index contributed by atoms with van der Waals surface area (Å²) in [5.74, 6) is 0.398. The predicted molar refractivity (Wildman–Crippen MR) is 61.0 cm³/mol. The second-order valence-electron chi connectivity index (χ2n) is 4.34. The molecule has 0 aliphatic rings. The average molecular weight is 206 g/mol. The van der Waals surface area contributed by atoms with Gasteiger partial charge in [-0.15, -0.1) is 0 Å². The lowest BCUT2D eigenvalue weighted by Gasteiger charge is -2.07. The number of ketones is 1. The van der Waals surface area contributed by atoms with Crippen LogP contribution in [0.1, 0.15) is 36.7 Å². The van der Waals surface area contributed by atoms with Gasteiger partial charge in [-0.1, -0.05) is 38.1 Å². The van der Waals surface area contributed by atoms with Gasteiger partial charge in [0.1, 0.15) is 6.10 Å². The first-order valence-electron chi connectivity index (χ1n) is 5.32. The van der Waals surface area contributed by atoms with Crippen molar-refractivity contribution >= 4 is 5.78 Å². The Hall–Kier alpha value is -1.15. The van der Waals surface area contributed by atoms with Gasteiger partial charge in [0.2, 0.25) is 0 Å². The Balaban J connectivity index is 2.76. The number of hydrogen-bond donors (Lipinski definition) is 1. The van der Waals surface area contributed by atoms with Crippen LogP contribution in [0.2, 0.25) is 0 Å². The summed E-state index contributed by atoms with van der Waals surface area (Å²) in [6.07, 6.45) is 0.101. The molecule has 0 heterocycles. The van der Waals surface area contributed by atoms with Crippen LogP contribution in [-0.4, -0.2) is 17.0 Å². The lowest BCUT2D eigenvalue weighted by atomic mass is 10.00. The number of aliphatic hydroxyl groups excluding tert-OH is 1. The molecule has 0 spiro atoms. The van der Waals surface area contributed by atoms with Gasteiger partial charge < -0.3 is 5.11 Å². The molecule has 0 fully saturated rings. The Kier molecular flexibility index (Phi) is 4.04. The van der Waals surface area contributed by atoms with Gasteiger partial charge >= 0.3 is 0 Å². The Morgan fingerprint density at radius 2 is 1.73 bits per heavy atom. The summed E-state index contributed by atoms with van der Waals surface area (Å²) in [4.78, 5) is 11.4. The van der Waals surface area contributed by atoms with Crippen LogP contribution < -0.4 is 0 Å². The van der Waals surface area contributed by atoms with E-state index in [0.29, 0.717) is 11.5 Å². The second kappa shape index (κ2) is 5.08. The van der Waals surface area contributed by atoms with Gasteiger partial charge in [0, 0.05) is 5.56 Å². The van der Waals surface area contributed by atoms with Crippen molar-refractivity contribution in [3.8, 4) is 0 Å². The highest BCUT2D eigenvalue weighted by molar-refractivity contribution is 5.99. The first-order chi connectivity index (χ1) is 7.00. The zero-order valence-corrected chi connectivity index (χ0v) is 9.53. The first kappa shape index (κ1) is 11.9. The number of benzene rings is 1. The average Bonchev–Trinajstić information content (AvgIpc) is 2.17. The fourth-order valence-electron chi connectivity index (χ4n) is 1.52. The van der Waals surface area contributed by atoms with Gasteiger partial charge in [0.15, 0.2) is 5.78 Å². The number of rotatable bonds is 4. The maximum absolute atomic E-state index is 11.4. The van der Waals surface area contributed by atoms with Crippen molar-refractivity contribution < 1.29 is 9.90 Å². The van der Waals surface area contributed by atoms with Crippen LogP contribution in [-0.2, 0) is 6.42 Å². The molecule has 0 unspecified atom stereocenters. The summed E-state index contributed by atoms with van der Waals surface area (Å²) < 4.78 is 0. The summed E-state index contributed by atoms with van der Waals surface area (Å²) in [5, 5.41) is 9.14. The molecule has 0 bridgehead atoms. The van der Waals surface area contributed by atoms with Crippen LogP contribution in [0.3, 0.4) is 0 Å². The molecule has 1 rings (SSSR count). The van der Waals surface area contributed by atoms with Gasteiger partial charge in [-0.3, -0.25) is 4.79 Å². The Morgan fingerprint density at radius 1 is 1.20 bits per heavy atom. The fraction of sp³-hybridized carbons (Fsp3) is 0.462. The lowest BCUT2D eigenvalue weighted by Crippen LogP contribution is -2.15. The van der Waals surface area contributed by atoms with Gasteiger partial charge in [-0.05, 0) is 24.8 Å². The third kappa shape index (κ3) is 3.48. The second-order valence-corrected chi connectivity index (χ2v) is 4.34. The van der Waals surface area contributed by atoms with Gasteiger partial charge in [-0.25, -0.2) is 0 Å². The summed E-state index contributed by atoms with van der Waals surface area (Å²) in [5.41, 5.74) is 1.81. The van der Waals surface area contributed by atoms with Crippen molar-refractivity contribution in [1.29, 1.82) is 0 Å². The van der Waals surface area contributed by atoms with Crippen LogP contribution >= 0.6 is 0 Å². The molecule has 1 N–H and O–H groups in total. The minimum atomic E-state index is -0.916. The molecule has 0 saturated heterocycles. The van der Waals surface area contributed by atoms with Gasteiger partial charge in [-0.2, -0.15) is 0 Å². The van der Waals surface area contributed by atoms with Crippen molar-refractivity contribution in [2.45, 2.75) is 33.3 Å². The monoisotopic (exact) mass is 206 g/mol. The number of aliphatic hydroxyl groups is 1. The van der Waals surface area contributed by atoms with Crippen LogP contribution in [0.15, 0.2) is 24.3 Å². The molecule has 1 atom stereocenters. The first-order valence-corrected chi connectivity index (χ1v) is 5.32. The van der Waals surface area contributed by atoms with Crippen LogP contribution in [0.5, 0.6) is 0 Å². The largest absolute Gasteiger partial charge is 0.385 e. The minimum Gasteiger partial charge on any atom is -0.385 e. The molecule has 0 aromatic heterocycles. The molecule has 2 heteroatoms. The summed E-state index contributed by atoms with van der Waals surface area (Å²) in [6.45, 7) is 5.81. The third-order valence-corrected chi connectivity index (χ3v) is 2.26. The van der Waals surface area contributed by atoms with E-state index in [0.717, 1.165) is 6.42 Å². The molecule has 0 amide bonds. The van der Waals surface area contributed by atoms with Gasteiger partial charge in [0.05, 0.1) is 0 Å². The van der Waals surface area contributed by atoms with Crippen LogP contribution in [0, 0.1) is 5.92 Å². The molecular formula is C13H18O2. The molecule has 0 radical (unpaired) electrons. The maximum atomic E-state index is 11.4. The standard InChI is InChI=1S/C13H18O2/c1-9(2)8-11-4-6-12(7-5-11)13(15)10(3)14/h4-7,9-10,14H,8H2,1-3H3/t10-/m1/s1. The van der Waals surface area contributed by atoms with E-state index in [1.807, 2.05) is 12.1 Å². The SMILES string of the molecule is CC(C)Cc1ccc(C(=O)[C@@H](C)O)cc1. The maximum Gasteiger partial charge on any atom is 0.190 e. The summed E-state index contributed by atoms with van der Waals surface area (Å²) in [6, 6.07) is 7.48.